The molecule has 23 heavy (non-hydrogen) atoms. The van der Waals surface area contributed by atoms with Crippen molar-refractivity contribution < 1.29 is 19.2 Å². The number of rotatable bonds is 6. The molecule has 122 valence electrons. The Morgan fingerprint density at radius 3 is 2.87 bits per heavy atom. The zero-order chi connectivity index (χ0) is 17.0. The molecule has 0 bridgehead atoms. The number of nitrogens with one attached hydrogen (secondary N) is 1. The topological polar surface area (TPSA) is 116 Å². The van der Waals surface area contributed by atoms with Gasteiger partial charge in [0, 0.05) is 0 Å². The van der Waals surface area contributed by atoms with Crippen LogP contribution in [0.25, 0.3) is 0 Å². The number of ether oxygens (including phenoxy) is 1. The predicted molar refractivity (Wildman–Crippen MR) is 82.5 cm³/mol. The third kappa shape index (κ3) is 4.13. The maximum Gasteiger partial charge on any atom is 0.381 e. The summed E-state index contributed by atoms with van der Waals surface area (Å²) in [6.07, 6.45) is 2.38. The number of hydrogen-bond donors (Lipinski definition) is 1. The number of esters is 1. The standard InChI is InChI=1S/C13H14N4O5S/c1-3-22-13(19)12-8(2)4-11(23-12)15-10(18)6-16-5-9(14-7-16)17(20)21/h4-5,7H,3,6H2,1-2H3,(H,15,18). The van der Waals surface area contributed by atoms with Crippen LogP contribution in [0, 0.1) is 17.0 Å². The normalized spacial score (nSPS) is 10.3. The summed E-state index contributed by atoms with van der Waals surface area (Å²) in [7, 11) is 0. The molecule has 2 aromatic rings. The molecule has 1 amide bonds. The summed E-state index contributed by atoms with van der Waals surface area (Å²) in [4.78, 5) is 37.6. The van der Waals surface area contributed by atoms with E-state index in [1.165, 1.54) is 17.1 Å². The van der Waals surface area contributed by atoms with Crippen molar-refractivity contribution >= 4 is 34.0 Å². The van der Waals surface area contributed by atoms with Crippen LogP contribution in [0.15, 0.2) is 18.6 Å². The van der Waals surface area contributed by atoms with E-state index in [9.17, 15) is 19.7 Å². The molecular weight excluding hydrogens is 324 g/mol. The lowest BCUT2D eigenvalue weighted by molar-refractivity contribution is -0.389. The van der Waals surface area contributed by atoms with E-state index in [0.29, 0.717) is 15.4 Å². The lowest BCUT2D eigenvalue weighted by Gasteiger charge is -2.02. The van der Waals surface area contributed by atoms with Crippen molar-refractivity contribution in [2.45, 2.75) is 20.4 Å². The van der Waals surface area contributed by atoms with Crippen LogP contribution in [0.2, 0.25) is 0 Å². The molecular formula is C13H14N4O5S. The van der Waals surface area contributed by atoms with Crippen molar-refractivity contribution in [1.29, 1.82) is 0 Å². The molecule has 2 aromatic heterocycles. The minimum absolute atomic E-state index is 0.119. The Hall–Kier alpha value is -2.75. The number of amides is 1. The number of nitrogens with zero attached hydrogens (tertiary/aromatic N) is 3. The molecule has 0 spiro atoms. The van der Waals surface area contributed by atoms with Gasteiger partial charge in [-0.25, -0.2) is 4.79 Å². The van der Waals surface area contributed by atoms with E-state index in [4.69, 9.17) is 4.74 Å². The molecule has 2 heterocycles. The molecule has 1 N–H and O–H groups in total. The second kappa shape index (κ2) is 7.01. The molecule has 9 nitrogen and oxygen atoms in total. The predicted octanol–water partition coefficient (Wildman–Crippen LogP) is 1.98. The first kappa shape index (κ1) is 16.6. The Kier molecular flexibility index (Phi) is 5.06. The Balaban J connectivity index is 2.01. The van der Waals surface area contributed by atoms with Gasteiger partial charge in [-0.15, -0.1) is 11.3 Å². The summed E-state index contributed by atoms with van der Waals surface area (Å²) < 4.78 is 6.24. The van der Waals surface area contributed by atoms with E-state index in [1.54, 1.807) is 19.9 Å². The fourth-order valence-corrected chi connectivity index (χ4v) is 2.80. The molecule has 0 aliphatic carbocycles. The summed E-state index contributed by atoms with van der Waals surface area (Å²) in [5, 5.41) is 13.7. The van der Waals surface area contributed by atoms with E-state index in [-0.39, 0.29) is 24.9 Å². The van der Waals surface area contributed by atoms with Crippen LogP contribution in [0.3, 0.4) is 0 Å². The Morgan fingerprint density at radius 2 is 2.26 bits per heavy atom. The lowest BCUT2D eigenvalue weighted by Crippen LogP contribution is -2.17. The van der Waals surface area contributed by atoms with Gasteiger partial charge in [0.25, 0.3) is 0 Å². The lowest BCUT2D eigenvalue weighted by atomic mass is 10.3. The summed E-state index contributed by atoms with van der Waals surface area (Å²) in [5.41, 5.74) is 0.710. The highest BCUT2D eigenvalue weighted by Crippen LogP contribution is 2.27. The molecule has 0 aliphatic heterocycles. The molecule has 0 aliphatic rings. The fraction of sp³-hybridized carbons (Fsp3) is 0.308. The van der Waals surface area contributed by atoms with Gasteiger partial charge in [0.1, 0.15) is 17.6 Å². The second-order valence-corrected chi connectivity index (χ2v) is 5.60. The van der Waals surface area contributed by atoms with E-state index >= 15 is 0 Å². The molecule has 10 heteroatoms. The minimum atomic E-state index is -0.636. The number of aromatic nitrogens is 2. The van der Waals surface area contributed by atoms with Crippen LogP contribution in [0.5, 0.6) is 0 Å². The van der Waals surface area contributed by atoms with Gasteiger partial charge in [0.15, 0.2) is 0 Å². The van der Waals surface area contributed by atoms with Crippen molar-refractivity contribution in [2.75, 3.05) is 11.9 Å². The summed E-state index contributed by atoms with van der Waals surface area (Å²) in [5.74, 6) is -1.14. The minimum Gasteiger partial charge on any atom is -0.462 e. The summed E-state index contributed by atoms with van der Waals surface area (Å²) >= 11 is 1.12. The Labute approximate surface area is 135 Å². The van der Waals surface area contributed by atoms with Crippen LogP contribution in [-0.2, 0) is 16.1 Å². The highest BCUT2D eigenvalue weighted by molar-refractivity contribution is 7.18. The van der Waals surface area contributed by atoms with Crippen molar-refractivity contribution in [3.63, 3.8) is 0 Å². The third-order valence-electron chi connectivity index (χ3n) is 2.77. The number of carbonyl (C=O) groups excluding carboxylic acids is 2. The quantitative estimate of drug-likeness (QED) is 0.489. The van der Waals surface area contributed by atoms with Crippen LogP contribution in [-0.4, -0.2) is 33.0 Å². The highest BCUT2D eigenvalue weighted by Gasteiger charge is 2.17. The maximum absolute atomic E-state index is 11.9. The molecule has 0 radical (unpaired) electrons. The molecule has 0 saturated carbocycles. The largest absolute Gasteiger partial charge is 0.462 e. The van der Waals surface area contributed by atoms with Crippen molar-refractivity contribution in [2.24, 2.45) is 0 Å². The molecule has 0 unspecified atom stereocenters. The SMILES string of the molecule is CCOC(=O)c1sc(NC(=O)Cn2cnc([N+](=O)[O-])c2)cc1C. The first-order chi connectivity index (χ1) is 10.9. The van der Waals surface area contributed by atoms with Crippen molar-refractivity contribution in [3.8, 4) is 0 Å². The number of anilines is 1. The zero-order valence-electron chi connectivity index (χ0n) is 12.4. The number of thiophene rings is 1. The van der Waals surface area contributed by atoms with Gasteiger partial charge in [-0.1, -0.05) is 0 Å². The van der Waals surface area contributed by atoms with E-state index in [0.717, 1.165) is 11.3 Å². The van der Waals surface area contributed by atoms with Crippen molar-refractivity contribution in [1.82, 2.24) is 9.55 Å². The average Bonchev–Trinajstić information content (AvgIpc) is 3.06. The molecule has 0 saturated heterocycles. The number of hydrogen-bond acceptors (Lipinski definition) is 7. The third-order valence-corrected chi connectivity index (χ3v) is 3.91. The highest BCUT2D eigenvalue weighted by atomic mass is 32.1. The van der Waals surface area contributed by atoms with Gasteiger partial charge >= 0.3 is 11.8 Å². The van der Waals surface area contributed by atoms with Gasteiger partial charge in [-0.3, -0.25) is 4.79 Å². The van der Waals surface area contributed by atoms with Gasteiger partial charge in [0.05, 0.1) is 11.6 Å². The summed E-state index contributed by atoms with van der Waals surface area (Å²) in [6.45, 7) is 3.62. The number of nitro groups is 1. The molecule has 2 rings (SSSR count). The van der Waals surface area contributed by atoms with Crippen LogP contribution in [0.4, 0.5) is 10.8 Å². The number of carbonyl (C=O) groups is 2. The molecule has 0 atom stereocenters. The summed E-state index contributed by atoms with van der Waals surface area (Å²) in [6, 6.07) is 1.67. The van der Waals surface area contributed by atoms with Gasteiger partial charge in [0.2, 0.25) is 12.2 Å². The first-order valence-corrected chi connectivity index (χ1v) is 7.46. The second-order valence-electron chi connectivity index (χ2n) is 4.55. The van der Waals surface area contributed by atoms with Gasteiger partial charge in [-0.2, -0.15) is 0 Å². The smallest absolute Gasteiger partial charge is 0.381 e. The first-order valence-electron chi connectivity index (χ1n) is 6.64. The monoisotopic (exact) mass is 338 g/mol. The Morgan fingerprint density at radius 1 is 1.52 bits per heavy atom. The molecule has 0 fully saturated rings. The van der Waals surface area contributed by atoms with E-state index in [1.807, 2.05) is 0 Å². The maximum atomic E-state index is 11.9. The average molecular weight is 338 g/mol. The number of imidazole rings is 1. The van der Waals surface area contributed by atoms with Gasteiger partial charge < -0.3 is 24.7 Å². The number of aryl methyl sites for hydroxylation is 1. The van der Waals surface area contributed by atoms with E-state index < -0.39 is 10.9 Å². The van der Waals surface area contributed by atoms with Crippen LogP contribution in [0.1, 0.15) is 22.2 Å². The molecule has 0 aromatic carbocycles. The van der Waals surface area contributed by atoms with E-state index in [2.05, 4.69) is 10.3 Å². The fourth-order valence-electron chi connectivity index (χ4n) is 1.81. The zero-order valence-corrected chi connectivity index (χ0v) is 13.3. The van der Waals surface area contributed by atoms with Crippen LogP contribution >= 0.6 is 11.3 Å². The Bertz CT molecular complexity index is 751. The van der Waals surface area contributed by atoms with Crippen LogP contribution < -0.4 is 5.32 Å². The van der Waals surface area contributed by atoms with Gasteiger partial charge in [-0.05, 0) is 35.4 Å². The van der Waals surface area contributed by atoms with Crippen molar-refractivity contribution in [3.05, 3.63) is 39.1 Å².